The number of hydrogen-bond donors (Lipinski definition) is 3. The van der Waals surface area contributed by atoms with Gasteiger partial charge in [-0.15, -0.1) is 0 Å². The van der Waals surface area contributed by atoms with Crippen molar-refractivity contribution in [1.82, 2.24) is 10.2 Å². The van der Waals surface area contributed by atoms with E-state index in [9.17, 15) is 9.90 Å². The summed E-state index contributed by atoms with van der Waals surface area (Å²) in [6.45, 7) is 6.21. The van der Waals surface area contributed by atoms with Crippen molar-refractivity contribution in [3.63, 3.8) is 0 Å². The lowest BCUT2D eigenvalue weighted by atomic mass is 9.95. The summed E-state index contributed by atoms with van der Waals surface area (Å²) in [5.74, 6) is 0.540. The van der Waals surface area contributed by atoms with Gasteiger partial charge < -0.3 is 20.9 Å². The lowest BCUT2D eigenvalue weighted by Crippen LogP contribution is -2.56. The molecule has 0 spiro atoms. The second-order valence-corrected chi connectivity index (χ2v) is 7.35. The highest BCUT2D eigenvalue weighted by molar-refractivity contribution is 5.80. The van der Waals surface area contributed by atoms with Crippen LogP contribution in [0.3, 0.4) is 0 Å². The fourth-order valence-electron chi connectivity index (χ4n) is 3.50. The largest absolute Gasteiger partial charge is 0.491 e. The van der Waals surface area contributed by atoms with Gasteiger partial charge in [0.15, 0.2) is 0 Å². The van der Waals surface area contributed by atoms with Gasteiger partial charge in [0.1, 0.15) is 12.4 Å². The molecule has 1 amide bonds. The van der Waals surface area contributed by atoms with Crippen LogP contribution >= 0.6 is 0 Å². The molecule has 4 N–H and O–H groups in total. The van der Waals surface area contributed by atoms with Gasteiger partial charge >= 0.3 is 0 Å². The van der Waals surface area contributed by atoms with Crippen LogP contribution in [0.2, 0.25) is 0 Å². The number of para-hydroxylation sites is 1. The van der Waals surface area contributed by atoms with E-state index in [1.165, 1.54) is 0 Å². The SMILES string of the molecule is CC(C)N1CCC(NCCCC(O)COc2ccccc2)CC1C(N)=O. The van der Waals surface area contributed by atoms with Crippen molar-refractivity contribution >= 4 is 5.91 Å². The minimum absolute atomic E-state index is 0.189. The van der Waals surface area contributed by atoms with Gasteiger partial charge in [-0.3, -0.25) is 9.69 Å². The Hall–Kier alpha value is -1.63. The molecule has 0 radical (unpaired) electrons. The molecule has 0 saturated carbocycles. The smallest absolute Gasteiger partial charge is 0.234 e. The van der Waals surface area contributed by atoms with Gasteiger partial charge in [-0.2, -0.15) is 0 Å². The Morgan fingerprint density at radius 2 is 2.12 bits per heavy atom. The molecule has 6 heteroatoms. The highest BCUT2D eigenvalue weighted by Crippen LogP contribution is 2.20. The topological polar surface area (TPSA) is 87.8 Å². The zero-order valence-corrected chi connectivity index (χ0v) is 15.9. The Kier molecular flexibility index (Phi) is 8.35. The van der Waals surface area contributed by atoms with Gasteiger partial charge in [0.2, 0.25) is 5.91 Å². The van der Waals surface area contributed by atoms with Crippen molar-refractivity contribution in [2.45, 2.75) is 63.8 Å². The van der Waals surface area contributed by atoms with Crippen LogP contribution in [0.5, 0.6) is 5.75 Å². The first-order valence-electron chi connectivity index (χ1n) is 9.61. The molecule has 1 aromatic carbocycles. The molecule has 1 aromatic rings. The highest BCUT2D eigenvalue weighted by Gasteiger charge is 2.33. The minimum Gasteiger partial charge on any atom is -0.491 e. The van der Waals surface area contributed by atoms with Gasteiger partial charge in [0.05, 0.1) is 12.1 Å². The number of piperidine rings is 1. The van der Waals surface area contributed by atoms with Crippen LogP contribution in [0.1, 0.15) is 39.5 Å². The summed E-state index contributed by atoms with van der Waals surface area (Å²) in [6.07, 6.45) is 2.85. The summed E-state index contributed by atoms with van der Waals surface area (Å²) < 4.78 is 5.56. The molecule has 0 bridgehead atoms. The number of nitrogens with one attached hydrogen (secondary N) is 1. The van der Waals surface area contributed by atoms with E-state index in [1.54, 1.807) is 0 Å². The number of nitrogens with two attached hydrogens (primary N) is 1. The van der Waals surface area contributed by atoms with Gasteiger partial charge in [0, 0.05) is 18.6 Å². The highest BCUT2D eigenvalue weighted by atomic mass is 16.5. The van der Waals surface area contributed by atoms with Crippen molar-refractivity contribution in [1.29, 1.82) is 0 Å². The number of likely N-dealkylation sites (tertiary alicyclic amines) is 1. The van der Waals surface area contributed by atoms with E-state index in [1.807, 2.05) is 30.3 Å². The molecule has 1 aliphatic heterocycles. The number of ether oxygens (including phenoxy) is 1. The van der Waals surface area contributed by atoms with Crippen LogP contribution in [0.15, 0.2) is 30.3 Å². The second kappa shape index (κ2) is 10.5. The quantitative estimate of drug-likeness (QED) is 0.549. The lowest BCUT2D eigenvalue weighted by molar-refractivity contribution is -0.125. The van der Waals surface area contributed by atoms with Gasteiger partial charge in [-0.25, -0.2) is 0 Å². The van der Waals surface area contributed by atoms with Crippen molar-refractivity contribution in [3.8, 4) is 5.75 Å². The second-order valence-electron chi connectivity index (χ2n) is 7.35. The van der Waals surface area contributed by atoms with E-state index in [0.29, 0.717) is 25.1 Å². The maximum absolute atomic E-state index is 11.7. The summed E-state index contributed by atoms with van der Waals surface area (Å²) in [5.41, 5.74) is 5.58. The molecule has 0 aliphatic carbocycles. The molecule has 3 atom stereocenters. The van der Waals surface area contributed by atoms with E-state index in [4.69, 9.17) is 10.5 Å². The van der Waals surface area contributed by atoms with Crippen LogP contribution in [-0.4, -0.2) is 59.8 Å². The van der Waals surface area contributed by atoms with Crippen molar-refractivity contribution < 1.29 is 14.6 Å². The fourth-order valence-corrected chi connectivity index (χ4v) is 3.50. The fraction of sp³-hybridized carbons (Fsp3) is 0.650. The third-order valence-electron chi connectivity index (χ3n) is 4.97. The predicted octanol–water partition coefficient (Wildman–Crippen LogP) is 1.52. The van der Waals surface area contributed by atoms with Crippen LogP contribution in [0.25, 0.3) is 0 Å². The zero-order chi connectivity index (χ0) is 18.9. The molecule has 1 heterocycles. The number of primary amides is 1. The number of rotatable bonds is 10. The molecular formula is C20H33N3O3. The van der Waals surface area contributed by atoms with E-state index in [0.717, 1.165) is 38.1 Å². The number of hydrogen-bond acceptors (Lipinski definition) is 5. The van der Waals surface area contributed by atoms with Gasteiger partial charge in [-0.1, -0.05) is 18.2 Å². The van der Waals surface area contributed by atoms with Gasteiger partial charge in [0.25, 0.3) is 0 Å². The third kappa shape index (κ3) is 6.59. The van der Waals surface area contributed by atoms with Crippen molar-refractivity contribution in [2.24, 2.45) is 5.73 Å². The first-order chi connectivity index (χ1) is 12.5. The Bertz CT molecular complexity index is 538. The maximum atomic E-state index is 11.7. The van der Waals surface area contributed by atoms with Gasteiger partial charge in [-0.05, 0) is 58.2 Å². The molecule has 6 nitrogen and oxygen atoms in total. The van der Waals surface area contributed by atoms with E-state index in [-0.39, 0.29) is 11.9 Å². The molecule has 1 saturated heterocycles. The molecule has 3 unspecified atom stereocenters. The maximum Gasteiger partial charge on any atom is 0.234 e. The number of carbonyl (C=O) groups excluding carboxylic acids is 1. The molecule has 2 rings (SSSR count). The zero-order valence-electron chi connectivity index (χ0n) is 15.9. The summed E-state index contributed by atoms with van der Waals surface area (Å²) in [4.78, 5) is 13.9. The average Bonchev–Trinajstić information content (AvgIpc) is 2.64. The minimum atomic E-state index is -0.474. The summed E-state index contributed by atoms with van der Waals surface area (Å²) in [5, 5.41) is 13.5. The lowest BCUT2D eigenvalue weighted by Gasteiger charge is -2.40. The monoisotopic (exact) mass is 363 g/mol. The van der Waals surface area contributed by atoms with Crippen LogP contribution in [0, 0.1) is 0 Å². The van der Waals surface area contributed by atoms with Crippen LogP contribution in [0.4, 0.5) is 0 Å². The van der Waals surface area contributed by atoms with Crippen LogP contribution < -0.4 is 15.8 Å². The molecule has 0 aromatic heterocycles. The van der Waals surface area contributed by atoms with Crippen LogP contribution in [-0.2, 0) is 4.79 Å². The van der Waals surface area contributed by atoms with E-state index in [2.05, 4.69) is 24.1 Å². The number of carbonyl (C=O) groups is 1. The Morgan fingerprint density at radius 1 is 1.38 bits per heavy atom. The Labute approximate surface area is 156 Å². The molecular weight excluding hydrogens is 330 g/mol. The Balaban J connectivity index is 1.62. The molecule has 1 fully saturated rings. The molecule has 146 valence electrons. The Morgan fingerprint density at radius 3 is 2.77 bits per heavy atom. The normalized spacial score (nSPS) is 22.3. The average molecular weight is 364 g/mol. The summed E-state index contributed by atoms with van der Waals surface area (Å²) in [6, 6.07) is 9.97. The van der Waals surface area contributed by atoms with E-state index >= 15 is 0 Å². The third-order valence-corrected chi connectivity index (χ3v) is 4.97. The number of aliphatic hydroxyl groups excluding tert-OH is 1. The summed E-state index contributed by atoms with van der Waals surface area (Å²) in [7, 11) is 0. The number of aliphatic hydroxyl groups is 1. The van der Waals surface area contributed by atoms with Crippen molar-refractivity contribution in [2.75, 3.05) is 19.7 Å². The molecule has 26 heavy (non-hydrogen) atoms. The summed E-state index contributed by atoms with van der Waals surface area (Å²) >= 11 is 0. The first kappa shape index (κ1) is 20.7. The predicted molar refractivity (Wildman–Crippen MR) is 103 cm³/mol. The molecule has 1 aliphatic rings. The standard InChI is InChI=1S/C20H33N3O3/c1-15(2)23-12-10-16(13-19(23)20(21)25)22-11-6-7-17(24)14-26-18-8-4-3-5-9-18/h3-5,8-9,15-17,19,22,24H,6-7,10-14H2,1-2H3,(H2,21,25). The first-order valence-corrected chi connectivity index (χ1v) is 9.61. The van der Waals surface area contributed by atoms with E-state index < -0.39 is 6.10 Å². The number of amides is 1. The number of benzene rings is 1. The van der Waals surface area contributed by atoms with Crippen molar-refractivity contribution in [3.05, 3.63) is 30.3 Å². The number of nitrogens with zero attached hydrogens (tertiary/aromatic N) is 1.